The average Bonchev–Trinajstić information content (AvgIpc) is 2.61. The molecule has 0 saturated carbocycles. The van der Waals surface area contributed by atoms with Gasteiger partial charge in [-0.25, -0.2) is 8.42 Å². The van der Waals surface area contributed by atoms with Crippen molar-refractivity contribution in [1.29, 1.82) is 0 Å². The molecule has 0 radical (unpaired) electrons. The lowest BCUT2D eigenvalue weighted by Gasteiger charge is -2.27. The summed E-state index contributed by atoms with van der Waals surface area (Å²) in [4.78, 5) is 6.24. The summed E-state index contributed by atoms with van der Waals surface area (Å²) in [6, 6.07) is 8.19. The van der Waals surface area contributed by atoms with Gasteiger partial charge in [-0.1, -0.05) is 24.3 Å². The van der Waals surface area contributed by atoms with E-state index in [1.165, 1.54) is 15.4 Å². The van der Waals surface area contributed by atoms with Crippen LogP contribution in [-0.4, -0.2) is 76.3 Å². The largest absolute Gasteiger partial charge is 0.379 e. The molecule has 2 rings (SSSR count). The van der Waals surface area contributed by atoms with Crippen LogP contribution >= 0.6 is 0 Å². The average molecular weight is 369 g/mol. The molecule has 1 heterocycles. The second kappa shape index (κ2) is 9.17. The number of rotatable bonds is 6. The van der Waals surface area contributed by atoms with Crippen LogP contribution < -0.4 is 5.32 Å². The summed E-state index contributed by atoms with van der Waals surface area (Å²) in [5.41, 5.74) is 2.44. The maximum Gasteiger partial charge on any atom is 0.215 e. The van der Waals surface area contributed by atoms with E-state index in [0.717, 1.165) is 0 Å². The number of aliphatic imine (C=N–C) groups is 1. The van der Waals surface area contributed by atoms with Crippen molar-refractivity contribution in [3.63, 3.8) is 0 Å². The van der Waals surface area contributed by atoms with Gasteiger partial charge < -0.3 is 15.0 Å². The van der Waals surface area contributed by atoms with Gasteiger partial charge in [0.25, 0.3) is 0 Å². The van der Waals surface area contributed by atoms with Gasteiger partial charge in [0.05, 0.1) is 19.0 Å². The maximum absolute atomic E-state index is 12.3. The predicted octanol–water partition coefficient (Wildman–Crippen LogP) is 0.664. The minimum atomic E-state index is -3.26. The number of morpholine rings is 1. The zero-order chi connectivity index (χ0) is 18.3. The van der Waals surface area contributed by atoms with Crippen LogP contribution in [0, 0.1) is 6.92 Å². The molecule has 0 aromatic heterocycles. The van der Waals surface area contributed by atoms with Gasteiger partial charge in [-0.2, -0.15) is 4.31 Å². The Balaban J connectivity index is 1.86. The standard InChI is InChI=1S/C17H28N4O3S/c1-15-6-4-5-7-16(15)14-20(3)17(18-2)19-8-13-25(22,23)21-9-11-24-12-10-21/h4-7H,8-14H2,1-3H3,(H,18,19). The summed E-state index contributed by atoms with van der Waals surface area (Å²) >= 11 is 0. The lowest BCUT2D eigenvalue weighted by atomic mass is 10.1. The third-order valence-electron chi connectivity index (χ3n) is 4.25. The molecule has 1 aliphatic rings. The van der Waals surface area contributed by atoms with Crippen molar-refractivity contribution < 1.29 is 13.2 Å². The van der Waals surface area contributed by atoms with Gasteiger partial charge in [-0.05, 0) is 18.1 Å². The molecule has 1 aliphatic heterocycles. The van der Waals surface area contributed by atoms with E-state index in [0.29, 0.717) is 45.4 Å². The Morgan fingerprint density at radius 2 is 2.00 bits per heavy atom. The number of sulfonamides is 1. The number of benzene rings is 1. The molecular formula is C17H28N4O3S. The smallest absolute Gasteiger partial charge is 0.215 e. The zero-order valence-electron chi connectivity index (χ0n) is 15.2. The Bertz CT molecular complexity index is 685. The van der Waals surface area contributed by atoms with Crippen LogP contribution in [0.1, 0.15) is 11.1 Å². The number of aryl methyl sites for hydroxylation is 1. The highest BCUT2D eigenvalue weighted by Crippen LogP contribution is 2.09. The number of hydrogen-bond donors (Lipinski definition) is 1. The van der Waals surface area contributed by atoms with E-state index >= 15 is 0 Å². The molecule has 0 atom stereocenters. The Morgan fingerprint density at radius 1 is 1.32 bits per heavy atom. The minimum absolute atomic E-state index is 0.0459. The van der Waals surface area contributed by atoms with Crippen LogP contribution in [0.25, 0.3) is 0 Å². The SMILES string of the molecule is CN=C(NCCS(=O)(=O)N1CCOCC1)N(C)Cc1ccccc1C. The highest BCUT2D eigenvalue weighted by atomic mass is 32.2. The second-order valence-electron chi connectivity index (χ2n) is 6.08. The van der Waals surface area contributed by atoms with E-state index in [1.54, 1.807) is 7.05 Å². The molecule has 0 bridgehead atoms. The normalized spacial score (nSPS) is 16.7. The number of nitrogens with one attached hydrogen (secondary N) is 1. The van der Waals surface area contributed by atoms with Crippen molar-refractivity contribution in [2.75, 3.05) is 52.7 Å². The topological polar surface area (TPSA) is 74.2 Å². The number of nitrogens with zero attached hydrogens (tertiary/aromatic N) is 3. The van der Waals surface area contributed by atoms with E-state index in [-0.39, 0.29) is 5.75 Å². The monoisotopic (exact) mass is 368 g/mol. The van der Waals surface area contributed by atoms with Crippen LogP contribution in [0.3, 0.4) is 0 Å². The van der Waals surface area contributed by atoms with Gasteiger partial charge >= 0.3 is 0 Å². The first kappa shape index (κ1) is 19.7. The first-order valence-electron chi connectivity index (χ1n) is 8.46. The second-order valence-corrected chi connectivity index (χ2v) is 8.17. The van der Waals surface area contributed by atoms with Crippen LogP contribution in [0.4, 0.5) is 0 Å². The minimum Gasteiger partial charge on any atom is -0.379 e. The molecule has 0 amide bonds. The molecule has 140 valence electrons. The van der Waals surface area contributed by atoms with E-state index in [4.69, 9.17) is 4.74 Å². The number of ether oxygens (including phenoxy) is 1. The lowest BCUT2D eigenvalue weighted by Crippen LogP contribution is -2.45. The number of hydrogen-bond acceptors (Lipinski definition) is 4. The zero-order valence-corrected chi connectivity index (χ0v) is 16.1. The van der Waals surface area contributed by atoms with Crippen molar-refractivity contribution in [1.82, 2.24) is 14.5 Å². The van der Waals surface area contributed by atoms with Gasteiger partial charge in [-0.3, -0.25) is 4.99 Å². The first-order chi connectivity index (χ1) is 11.9. The Hall–Kier alpha value is -1.64. The van der Waals surface area contributed by atoms with Crippen LogP contribution in [0.2, 0.25) is 0 Å². The molecule has 1 saturated heterocycles. The van der Waals surface area contributed by atoms with Crippen molar-refractivity contribution in [2.24, 2.45) is 4.99 Å². The summed E-state index contributed by atoms with van der Waals surface area (Å²) < 4.78 is 31.4. The summed E-state index contributed by atoms with van der Waals surface area (Å²) in [6.07, 6.45) is 0. The summed E-state index contributed by atoms with van der Waals surface area (Å²) in [7, 11) is 0.383. The van der Waals surface area contributed by atoms with E-state index in [9.17, 15) is 8.42 Å². The molecule has 25 heavy (non-hydrogen) atoms. The highest BCUT2D eigenvalue weighted by molar-refractivity contribution is 7.89. The van der Waals surface area contributed by atoms with E-state index < -0.39 is 10.0 Å². The Morgan fingerprint density at radius 3 is 2.64 bits per heavy atom. The third kappa shape index (κ3) is 5.69. The van der Waals surface area contributed by atoms with Crippen molar-refractivity contribution in [3.05, 3.63) is 35.4 Å². The molecule has 1 aromatic carbocycles. The fourth-order valence-corrected chi connectivity index (χ4v) is 4.07. The predicted molar refractivity (Wildman–Crippen MR) is 100 cm³/mol. The van der Waals surface area contributed by atoms with Gasteiger partial charge in [-0.15, -0.1) is 0 Å². The fourth-order valence-electron chi connectivity index (χ4n) is 2.75. The summed E-state index contributed by atoms with van der Waals surface area (Å²) in [5, 5.41) is 3.14. The maximum atomic E-state index is 12.3. The van der Waals surface area contributed by atoms with Crippen molar-refractivity contribution in [2.45, 2.75) is 13.5 Å². The van der Waals surface area contributed by atoms with E-state index in [2.05, 4.69) is 29.4 Å². The van der Waals surface area contributed by atoms with Crippen LogP contribution in [-0.2, 0) is 21.3 Å². The summed E-state index contributed by atoms with van der Waals surface area (Å²) in [5.74, 6) is 0.727. The van der Waals surface area contributed by atoms with Gasteiger partial charge in [0.15, 0.2) is 5.96 Å². The quantitative estimate of drug-likeness (QED) is 0.590. The fraction of sp³-hybridized carbons (Fsp3) is 0.588. The first-order valence-corrected chi connectivity index (χ1v) is 10.1. The molecule has 0 unspecified atom stereocenters. The molecule has 1 N–H and O–H groups in total. The van der Waals surface area contributed by atoms with Crippen molar-refractivity contribution >= 4 is 16.0 Å². The van der Waals surface area contributed by atoms with Gasteiger partial charge in [0.2, 0.25) is 10.0 Å². The Labute approximate surface area is 150 Å². The van der Waals surface area contributed by atoms with E-state index in [1.807, 2.05) is 24.1 Å². The van der Waals surface area contributed by atoms with Crippen LogP contribution in [0.15, 0.2) is 29.3 Å². The van der Waals surface area contributed by atoms with Gasteiger partial charge in [0.1, 0.15) is 0 Å². The molecule has 1 aromatic rings. The molecule has 0 spiro atoms. The Kier molecular flexibility index (Phi) is 7.22. The van der Waals surface area contributed by atoms with Crippen LogP contribution in [0.5, 0.6) is 0 Å². The van der Waals surface area contributed by atoms with Gasteiger partial charge in [0, 0.05) is 40.3 Å². The molecule has 0 aliphatic carbocycles. The number of guanidine groups is 1. The highest BCUT2D eigenvalue weighted by Gasteiger charge is 2.24. The summed E-state index contributed by atoms with van der Waals surface area (Å²) in [6.45, 7) is 4.91. The molecular weight excluding hydrogens is 340 g/mol. The lowest BCUT2D eigenvalue weighted by molar-refractivity contribution is 0.0730. The third-order valence-corrected chi connectivity index (χ3v) is 6.12. The molecule has 1 fully saturated rings. The van der Waals surface area contributed by atoms with Crippen molar-refractivity contribution in [3.8, 4) is 0 Å². The molecule has 8 heteroatoms. The molecule has 7 nitrogen and oxygen atoms in total.